The minimum absolute atomic E-state index is 0.0883. The Labute approximate surface area is 204 Å². The average molecular weight is 485 g/mol. The highest BCUT2D eigenvalue weighted by Gasteiger charge is 2.28. The van der Waals surface area contributed by atoms with E-state index >= 15 is 0 Å². The zero-order valence-electron chi connectivity index (χ0n) is 20.5. The van der Waals surface area contributed by atoms with Gasteiger partial charge in [0.2, 0.25) is 0 Å². The van der Waals surface area contributed by atoms with E-state index in [-0.39, 0.29) is 24.6 Å². The van der Waals surface area contributed by atoms with Gasteiger partial charge < -0.3 is 29.6 Å². The number of rotatable bonds is 6. The lowest BCUT2D eigenvalue weighted by Crippen LogP contribution is -2.42. The van der Waals surface area contributed by atoms with E-state index in [0.717, 1.165) is 0 Å². The fourth-order valence-electron chi connectivity index (χ4n) is 3.78. The van der Waals surface area contributed by atoms with E-state index in [1.165, 1.54) is 7.11 Å². The van der Waals surface area contributed by atoms with Crippen LogP contribution in [0.15, 0.2) is 42.6 Å². The van der Waals surface area contributed by atoms with Crippen molar-refractivity contribution >= 4 is 29.6 Å². The number of piperidine rings is 1. The molecule has 2 aromatic rings. The summed E-state index contributed by atoms with van der Waals surface area (Å²) in [6, 6.07) is 10.0. The van der Waals surface area contributed by atoms with Gasteiger partial charge in [-0.1, -0.05) is 0 Å². The van der Waals surface area contributed by atoms with Gasteiger partial charge in [0.25, 0.3) is 11.8 Å². The predicted octanol–water partition coefficient (Wildman–Crippen LogP) is 3.22. The summed E-state index contributed by atoms with van der Waals surface area (Å²) in [6.45, 7) is 6.42. The van der Waals surface area contributed by atoms with Crippen LogP contribution in [0.25, 0.3) is 0 Å². The van der Waals surface area contributed by atoms with Crippen molar-refractivity contribution in [2.24, 2.45) is 0 Å². The van der Waals surface area contributed by atoms with Crippen LogP contribution in [-0.2, 0) is 14.3 Å². The maximum Gasteiger partial charge on any atom is 0.410 e. The van der Waals surface area contributed by atoms with E-state index in [1.54, 1.807) is 35.2 Å². The van der Waals surface area contributed by atoms with Crippen LogP contribution in [-0.4, -0.2) is 65.7 Å². The standard InChI is InChI=1S/C25H32N4O6/c1-25(2,3)35-24(33)28-14-11-19(12-15-28)29-13-5-6-20(29)23(32)27-18-9-7-17(8-10-18)22(31)26-16-21(30)34-4/h5-10,13,19H,11-12,14-16H2,1-4H3,(H,26,31)(H,27,32). The first-order valence-electron chi connectivity index (χ1n) is 11.5. The molecule has 3 amide bonds. The van der Waals surface area contributed by atoms with Gasteiger partial charge >= 0.3 is 12.1 Å². The van der Waals surface area contributed by atoms with E-state index < -0.39 is 17.5 Å². The van der Waals surface area contributed by atoms with Gasteiger partial charge in [-0.15, -0.1) is 0 Å². The zero-order valence-corrected chi connectivity index (χ0v) is 20.5. The van der Waals surface area contributed by atoms with Gasteiger partial charge in [0.05, 0.1) is 7.11 Å². The van der Waals surface area contributed by atoms with Crippen LogP contribution in [0, 0.1) is 0 Å². The van der Waals surface area contributed by atoms with E-state index in [4.69, 9.17) is 4.74 Å². The van der Waals surface area contributed by atoms with Crippen molar-refractivity contribution in [1.82, 2.24) is 14.8 Å². The van der Waals surface area contributed by atoms with Crippen LogP contribution in [0.3, 0.4) is 0 Å². The molecule has 10 nitrogen and oxygen atoms in total. The molecule has 3 rings (SSSR count). The van der Waals surface area contributed by atoms with Crippen LogP contribution in [0.4, 0.5) is 10.5 Å². The third-order valence-electron chi connectivity index (χ3n) is 5.55. The van der Waals surface area contributed by atoms with Crippen molar-refractivity contribution in [3.05, 3.63) is 53.9 Å². The SMILES string of the molecule is COC(=O)CNC(=O)c1ccc(NC(=O)c2cccn2C2CCN(C(=O)OC(C)(C)C)CC2)cc1. The van der Waals surface area contributed by atoms with Crippen LogP contribution < -0.4 is 10.6 Å². The maximum atomic E-state index is 13.0. The summed E-state index contributed by atoms with van der Waals surface area (Å²) in [6.07, 6.45) is 2.98. The molecule has 2 heterocycles. The number of ether oxygens (including phenoxy) is 2. The quantitative estimate of drug-likeness (QED) is 0.608. The number of nitrogens with zero attached hydrogens (tertiary/aromatic N) is 2. The second-order valence-electron chi connectivity index (χ2n) is 9.29. The third-order valence-corrected chi connectivity index (χ3v) is 5.55. The molecule has 188 valence electrons. The van der Waals surface area contributed by atoms with Crippen molar-refractivity contribution in [2.45, 2.75) is 45.3 Å². The summed E-state index contributed by atoms with van der Waals surface area (Å²) in [5.41, 5.74) is 0.865. The van der Waals surface area contributed by atoms with Gasteiger partial charge in [0.15, 0.2) is 0 Å². The van der Waals surface area contributed by atoms with E-state index in [9.17, 15) is 19.2 Å². The average Bonchev–Trinajstić information content (AvgIpc) is 3.32. The number of carbonyl (C=O) groups is 4. The van der Waals surface area contributed by atoms with Crippen LogP contribution in [0.5, 0.6) is 0 Å². The first-order chi connectivity index (χ1) is 16.6. The molecule has 2 N–H and O–H groups in total. The molecule has 0 aliphatic carbocycles. The summed E-state index contributed by atoms with van der Waals surface area (Å²) in [4.78, 5) is 50.2. The Morgan fingerprint density at radius 2 is 1.66 bits per heavy atom. The molecule has 0 radical (unpaired) electrons. The van der Waals surface area contributed by atoms with Crippen molar-refractivity contribution in [1.29, 1.82) is 0 Å². The zero-order chi connectivity index (χ0) is 25.6. The normalized spacial score (nSPS) is 14.2. The molecular weight excluding hydrogens is 452 g/mol. The Morgan fingerprint density at radius 3 is 2.26 bits per heavy atom. The number of amides is 3. The lowest BCUT2D eigenvalue weighted by atomic mass is 10.0. The third kappa shape index (κ3) is 7.08. The first-order valence-corrected chi connectivity index (χ1v) is 11.5. The Morgan fingerprint density at radius 1 is 1.00 bits per heavy atom. The van der Waals surface area contributed by atoms with Crippen molar-refractivity contribution in [2.75, 3.05) is 32.1 Å². The number of aromatic nitrogens is 1. The highest BCUT2D eigenvalue weighted by Crippen LogP contribution is 2.26. The number of methoxy groups -OCH3 is 1. The summed E-state index contributed by atoms with van der Waals surface area (Å²) in [5.74, 6) is -1.23. The van der Waals surface area contributed by atoms with Crippen LogP contribution in [0.2, 0.25) is 0 Å². The molecule has 0 bridgehead atoms. The Balaban J connectivity index is 1.57. The molecule has 1 aliphatic rings. The van der Waals surface area contributed by atoms with Gasteiger partial charge in [-0.25, -0.2) is 4.79 Å². The van der Waals surface area contributed by atoms with Gasteiger partial charge in [-0.05, 0) is 70.0 Å². The van der Waals surface area contributed by atoms with Gasteiger partial charge in [-0.2, -0.15) is 0 Å². The van der Waals surface area contributed by atoms with E-state index in [1.807, 2.05) is 37.6 Å². The van der Waals surface area contributed by atoms with Gasteiger partial charge in [0, 0.05) is 36.6 Å². The maximum absolute atomic E-state index is 13.0. The Hall–Kier alpha value is -3.82. The molecule has 1 aromatic carbocycles. The lowest BCUT2D eigenvalue weighted by molar-refractivity contribution is -0.139. The fourth-order valence-corrected chi connectivity index (χ4v) is 3.78. The molecule has 0 atom stereocenters. The van der Waals surface area contributed by atoms with Crippen molar-refractivity contribution < 1.29 is 28.7 Å². The first kappa shape index (κ1) is 25.8. The van der Waals surface area contributed by atoms with E-state index in [2.05, 4.69) is 15.4 Å². The van der Waals surface area contributed by atoms with Gasteiger partial charge in [-0.3, -0.25) is 14.4 Å². The number of esters is 1. The molecule has 0 spiro atoms. The summed E-state index contributed by atoms with van der Waals surface area (Å²) in [5, 5.41) is 5.31. The molecule has 0 unspecified atom stereocenters. The molecule has 35 heavy (non-hydrogen) atoms. The number of anilines is 1. The number of nitrogens with one attached hydrogen (secondary N) is 2. The van der Waals surface area contributed by atoms with Crippen LogP contribution >= 0.6 is 0 Å². The van der Waals surface area contributed by atoms with E-state index in [0.29, 0.717) is 42.9 Å². The largest absolute Gasteiger partial charge is 0.468 e. The fraction of sp³-hybridized carbons (Fsp3) is 0.440. The molecule has 0 saturated carbocycles. The summed E-state index contributed by atoms with van der Waals surface area (Å²) in [7, 11) is 1.25. The topological polar surface area (TPSA) is 119 Å². The van der Waals surface area contributed by atoms with Crippen LogP contribution in [0.1, 0.15) is 60.5 Å². The molecule has 1 fully saturated rings. The number of benzene rings is 1. The summed E-state index contributed by atoms with van der Waals surface area (Å²) < 4.78 is 11.9. The Bertz CT molecular complexity index is 1060. The lowest BCUT2D eigenvalue weighted by Gasteiger charge is -2.34. The highest BCUT2D eigenvalue weighted by atomic mass is 16.6. The molecule has 1 aromatic heterocycles. The number of hydrogen-bond donors (Lipinski definition) is 2. The number of likely N-dealkylation sites (tertiary alicyclic amines) is 1. The van der Waals surface area contributed by atoms with Gasteiger partial charge in [0.1, 0.15) is 17.8 Å². The number of hydrogen-bond acceptors (Lipinski definition) is 6. The minimum Gasteiger partial charge on any atom is -0.468 e. The molecule has 1 aliphatic heterocycles. The summed E-state index contributed by atoms with van der Waals surface area (Å²) >= 11 is 0. The minimum atomic E-state index is -0.541. The molecule has 1 saturated heterocycles. The second kappa shape index (κ2) is 11.1. The van der Waals surface area contributed by atoms with Crippen molar-refractivity contribution in [3.63, 3.8) is 0 Å². The Kier molecular flexibility index (Phi) is 8.16. The van der Waals surface area contributed by atoms with Crippen molar-refractivity contribution in [3.8, 4) is 0 Å². The molecular formula is C25H32N4O6. The monoisotopic (exact) mass is 484 g/mol. The highest BCUT2D eigenvalue weighted by molar-refractivity contribution is 6.03. The predicted molar refractivity (Wildman–Crippen MR) is 129 cm³/mol. The smallest absolute Gasteiger partial charge is 0.410 e. The number of carbonyl (C=O) groups excluding carboxylic acids is 4. The molecule has 10 heteroatoms. The second-order valence-corrected chi connectivity index (χ2v) is 9.29.